The molecule has 3 fully saturated rings. The molecule has 3 heterocycles. The van der Waals surface area contributed by atoms with Gasteiger partial charge in [0.2, 0.25) is 5.95 Å². The molecule has 3 aliphatic rings. The number of aliphatic hydroxyl groups is 4. The van der Waals surface area contributed by atoms with Crippen molar-refractivity contribution in [2.75, 3.05) is 23.8 Å². The highest BCUT2D eigenvalue weighted by Crippen LogP contribution is 2.45. The predicted molar refractivity (Wildman–Crippen MR) is 132 cm³/mol. The SMILES string of the molecule is Cc1nc(NCC2(O)CC2)nc(NC2(O)CCC(CO)C2O)c1-c1nc2c(C3CC3)nccc2s1. The Kier molecular flexibility index (Phi) is 5.46. The minimum Gasteiger partial charge on any atom is -0.396 e. The van der Waals surface area contributed by atoms with Crippen molar-refractivity contribution in [1.29, 1.82) is 0 Å². The zero-order chi connectivity index (χ0) is 24.4. The highest BCUT2D eigenvalue weighted by molar-refractivity contribution is 7.21. The Morgan fingerprint density at radius 2 is 1.91 bits per heavy atom. The minimum absolute atomic E-state index is 0.207. The molecule has 11 heteroatoms. The number of aromatic nitrogens is 4. The second-order valence-electron chi connectivity index (χ2n) is 10.2. The van der Waals surface area contributed by atoms with Crippen molar-refractivity contribution in [3.63, 3.8) is 0 Å². The molecular formula is C24H30N6O4S. The van der Waals surface area contributed by atoms with E-state index in [2.05, 4.69) is 25.6 Å². The fourth-order valence-electron chi connectivity index (χ4n) is 4.83. The quantitative estimate of drug-likeness (QED) is 0.254. The van der Waals surface area contributed by atoms with E-state index in [9.17, 15) is 20.4 Å². The minimum atomic E-state index is -1.65. The van der Waals surface area contributed by atoms with E-state index in [1.807, 2.05) is 19.2 Å². The van der Waals surface area contributed by atoms with Crippen LogP contribution >= 0.6 is 11.3 Å². The molecule has 0 bridgehead atoms. The Balaban J connectivity index is 1.42. The van der Waals surface area contributed by atoms with Gasteiger partial charge >= 0.3 is 0 Å². The number of nitrogens with zero attached hydrogens (tertiary/aromatic N) is 4. The first-order valence-corrected chi connectivity index (χ1v) is 13.0. The second-order valence-corrected chi connectivity index (χ2v) is 11.3. The molecule has 6 rings (SSSR count). The molecule has 0 saturated heterocycles. The molecule has 0 radical (unpaired) electrons. The molecule has 3 aromatic heterocycles. The van der Waals surface area contributed by atoms with E-state index >= 15 is 0 Å². The summed E-state index contributed by atoms with van der Waals surface area (Å²) in [4.78, 5) is 18.8. The van der Waals surface area contributed by atoms with E-state index < -0.39 is 23.3 Å². The van der Waals surface area contributed by atoms with Gasteiger partial charge in [0.1, 0.15) is 22.4 Å². The number of hydrogen-bond acceptors (Lipinski definition) is 11. The summed E-state index contributed by atoms with van der Waals surface area (Å²) in [5.74, 6) is 0.705. The number of aryl methyl sites for hydroxylation is 1. The average molecular weight is 499 g/mol. The van der Waals surface area contributed by atoms with Crippen LogP contribution in [0.25, 0.3) is 20.8 Å². The van der Waals surface area contributed by atoms with Crippen molar-refractivity contribution < 1.29 is 20.4 Å². The molecule has 0 aromatic carbocycles. The maximum atomic E-state index is 11.3. The first-order chi connectivity index (χ1) is 16.8. The Bertz CT molecular complexity index is 1280. The van der Waals surface area contributed by atoms with Crippen LogP contribution in [0.15, 0.2) is 12.3 Å². The largest absolute Gasteiger partial charge is 0.396 e. The molecule has 0 spiro atoms. The third-order valence-corrected chi connectivity index (χ3v) is 8.45. The van der Waals surface area contributed by atoms with Gasteiger partial charge in [-0.05, 0) is 51.5 Å². The Morgan fingerprint density at radius 3 is 2.60 bits per heavy atom. The third kappa shape index (κ3) is 4.25. The average Bonchev–Trinajstić information content (AvgIpc) is 3.74. The first kappa shape index (κ1) is 23.0. The van der Waals surface area contributed by atoms with Crippen LogP contribution in [0.1, 0.15) is 55.8 Å². The lowest BCUT2D eigenvalue weighted by Gasteiger charge is -2.31. The molecular weight excluding hydrogens is 468 g/mol. The molecule has 0 aliphatic heterocycles. The summed E-state index contributed by atoms with van der Waals surface area (Å²) in [6, 6.07) is 1.96. The summed E-state index contributed by atoms with van der Waals surface area (Å²) in [5.41, 5.74) is 0.839. The monoisotopic (exact) mass is 498 g/mol. The first-order valence-electron chi connectivity index (χ1n) is 12.2. The van der Waals surface area contributed by atoms with E-state index in [4.69, 9.17) is 4.98 Å². The summed E-state index contributed by atoms with van der Waals surface area (Å²) >= 11 is 1.52. The van der Waals surface area contributed by atoms with Crippen molar-refractivity contribution >= 4 is 33.3 Å². The maximum absolute atomic E-state index is 11.3. The summed E-state index contributed by atoms with van der Waals surface area (Å²) in [6.45, 7) is 1.99. The molecule has 10 nitrogen and oxygen atoms in total. The third-order valence-electron chi connectivity index (χ3n) is 7.41. The van der Waals surface area contributed by atoms with E-state index in [-0.39, 0.29) is 13.0 Å². The van der Waals surface area contributed by atoms with Gasteiger partial charge in [0.25, 0.3) is 0 Å². The normalized spacial score (nSPS) is 27.3. The topological polar surface area (TPSA) is 157 Å². The van der Waals surface area contributed by atoms with Crippen molar-refractivity contribution in [3.8, 4) is 10.6 Å². The van der Waals surface area contributed by atoms with Gasteiger partial charge in [-0.25, -0.2) is 9.97 Å². The van der Waals surface area contributed by atoms with Crippen LogP contribution in [0.4, 0.5) is 11.8 Å². The molecule has 3 unspecified atom stereocenters. The van der Waals surface area contributed by atoms with Gasteiger partial charge in [0.15, 0.2) is 5.72 Å². The highest BCUT2D eigenvalue weighted by atomic mass is 32.1. The molecule has 35 heavy (non-hydrogen) atoms. The Labute approximate surface area is 206 Å². The number of nitrogens with one attached hydrogen (secondary N) is 2. The van der Waals surface area contributed by atoms with Crippen LogP contribution in [0.5, 0.6) is 0 Å². The van der Waals surface area contributed by atoms with Crippen LogP contribution in [0.3, 0.4) is 0 Å². The molecule has 3 aliphatic carbocycles. The van der Waals surface area contributed by atoms with Crippen LogP contribution in [-0.2, 0) is 0 Å². The van der Waals surface area contributed by atoms with E-state index in [0.717, 1.165) is 41.6 Å². The lowest BCUT2D eigenvalue weighted by molar-refractivity contribution is -0.0545. The molecule has 6 N–H and O–H groups in total. The van der Waals surface area contributed by atoms with Crippen molar-refractivity contribution in [2.24, 2.45) is 5.92 Å². The van der Waals surface area contributed by atoms with Crippen molar-refractivity contribution in [1.82, 2.24) is 19.9 Å². The summed E-state index contributed by atoms with van der Waals surface area (Å²) in [5, 5.41) is 48.7. The van der Waals surface area contributed by atoms with Gasteiger partial charge in [-0.15, -0.1) is 11.3 Å². The van der Waals surface area contributed by atoms with Gasteiger partial charge in [-0.1, -0.05) is 0 Å². The van der Waals surface area contributed by atoms with E-state index in [1.165, 1.54) is 11.3 Å². The number of rotatable bonds is 8. The number of anilines is 2. The van der Waals surface area contributed by atoms with Gasteiger partial charge in [0.05, 0.1) is 27.3 Å². The number of aliphatic hydroxyl groups excluding tert-OH is 2. The van der Waals surface area contributed by atoms with E-state index in [0.29, 0.717) is 46.9 Å². The van der Waals surface area contributed by atoms with Crippen molar-refractivity contribution in [2.45, 2.75) is 68.8 Å². The Morgan fingerprint density at radius 1 is 1.11 bits per heavy atom. The summed E-state index contributed by atoms with van der Waals surface area (Å²) in [7, 11) is 0. The lowest BCUT2D eigenvalue weighted by Crippen LogP contribution is -2.48. The Hall–Kier alpha value is -2.44. The van der Waals surface area contributed by atoms with Crippen LogP contribution in [-0.4, -0.2) is 70.9 Å². The highest BCUT2D eigenvalue weighted by Gasteiger charge is 2.47. The smallest absolute Gasteiger partial charge is 0.225 e. The van der Waals surface area contributed by atoms with Crippen LogP contribution < -0.4 is 10.6 Å². The number of fused-ring (bicyclic) bond motifs is 1. The van der Waals surface area contributed by atoms with Crippen LogP contribution in [0, 0.1) is 12.8 Å². The second kappa shape index (κ2) is 8.31. The molecule has 3 atom stereocenters. The molecule has 0 amide bonds. The molecule has 3 aromatic rings. The van der Waals surface area contributed by atoms with E-state index in [1.54, 1.807) is 0 Å². The van der Waals surface area contributed by atoms with Gasteiger partial charge < -0.3 is 31.1 Å². The van der Waals surface area contributed by atoms with Gasteiger partial charge in [-0.2, -0.15) is 4.98 Å². The predicted octanol–water partition coefficient (Wildman–Crippen LogP) is 2.13. The lowest BCUT2D eigenvalue weighted by atomic mass is 10.0. The molecule has 186 valence electrons. The fraction of sp³-hybridized carbons (Fsp3) is 0.583. The number of thiazole rings is 1. The summed E-state index contributed by atoms with van der Waals surface area (Å²) < 4.78 is 1.03. The standard InChI is InChI=1S/C24H30N6O4S/c1-12-16(21-28-18-15(35-21)5-9-25-17(18)13-2-3-13)20(29-22(27-12)26-11-23(33)7-8-23)30-24(34)6-4-14(10-31)19(24)32/h5,9,13-14,19,31-34H,2-4,6-8,10-11H2,1H3,(H2,26,27,29,30). The zero-order valence-corrected chi connectivity index (χ0v) is 20.3. The number of hydrogen-bond donors (Lipinski definition) is 6. The van der Waals surface area contributed by atoms with Crippen LogP contribution in [0.2, 0.25) is 0 Å². The zero-order valence-electron chi connectivity index (χ0n) is 19.5. The summed E-state index contributed by atoms with van der Waals surface area (Å²) in [6.07, 6.45) is 5.13. The van der Waals surface area contributed by atoms with Crippen molar-refractivity contribution in [3.05, 3.63) is 23.7 Å². The van der Waals surface area contributed by atoms with Gasteiger partial charge in [0, 0.05) is 31.2 Å². The van der Waals surface area contributed by atoms with Gasteiger partial charge in [-0.3, -0.25) is 4.98 Å². The molecule has 3 saturated carbocycles. The fourth-order valence-corrected chi connectivity index (χ4v) is 5.90. The maximum Gasteiger partial charge on any atom is 0.225 e. The number of pyridine rings is 1.